The fraction of sp³-hybridized carbons (Fsp3) is 0.0952. The number of non-ortho nitro benzene ring substituents is 1. The van der Waals surface area contributed by atoms with Crippen molar-refractivity contribution in [3.05, 3.63) is 94.2 Å². The Morgan fingerprint density at radius 1 is 1.35 bits per heavy atom. The molecule has 0 unspecified atom stereocenters. The van der Waals surface area contributed by atoms with Gasteiger partial charge in [0.15, 0.2) is 0 Å². The van der Waals surface area contributed by atoms with Gasteiger partial charge in [-0.2, -0.15) is 0 Å². The molecule has 0 aliphatic carbocycles. The highest BCUT2D eigenvalue weighted by atomic mass is 16.6. The van der Waals surface area contributed by atoms with Crippen molar-refractivity contribution in [3.8, 4) is 0 Å². The van der Waals surface area contributed by atoms with Gasteiger partial charge in [0.05, 0.1) is 23.1 Å². The van der Waals surface area contributed by atoms with Crippen LogP contribution in [-0.2, 0) is 4.79 Å². The molecule has 0 spiro atoms. The van der Waals surface area contributed by atoms with Gasteiger partial charge in [0.2, 0.25) is 6.41 Å². The zero-order chi connectivity index (χ0) is 22.0. The molecule has 3 aromatic rings. The average Bonchev–Trinajstić information content (AvgIpc) is 3.47. The number of rotatable bonds is 6. The lowest BCUT2D eigenvalue weighted by atomic mass is 9.97. The largest absolute Gasteiger partial charge is 0.472 e. The number of carbonyl (C=O) groups excluding carboxylic acids is 2. The lowest BCUT2D eigenvalue weighted by Crippen LogP contribution is -2.29. The van der Waals surface area contributed by atoms with Gasteiger partial charge in [0, 0.05) is 59.7 Å². The fourth-order valence-electron chi connectivity index (χ4n) is 3.49. The summed E-state index contributed by atoms with van der Waals surface area (Å²) in [5.41, 5.74) is 3.25. The molecule has 1 aliphatic heterocycles. The van der Waals surface area contributed by atoms with Crippen LogP contribution in [0.1, 0.15) is 22.3 Å². The van der Waals surface area contributed by atoms with E-state index >= 15 is 0 Å². The highest BCUT2D eigenvalue weighted by Crippen LogP contribution is 2.38. The maximum atomic E-state index is 13.3. The Kier molecular flexibility index (Phi) is 5.19. The number of hydrogen-bond acceptors (Lipinski definition) is 7. The van der Waals surface area contributed by atoms with Crippen molar-refractivity contribution in [3.63, 3.8) is 0 Å². The van der Waals surface area contributed by atoms with E-state index in [4.69, 9.17) is 4.42 Å². The second kappa shape index (κ2) is 8.11. The van der Waals surface area contributed by atoms with Crippen LogP contribution in [0.2, 0.25) is 0 Å². The van der Waals surface area contributed by atoms with Gasteiger partial charge in [-0.3, -0.25) is 24.3 Å². The number of aromatic nitrogens is 2. The first-order valence-corrected chi connectivity index (χ1v) is 9.23. The lowest BCUT2D eigenvalue weighted by molar-refractivity contribution is -0.384. The van der Waals surface area contributed by atoms with E-state index in [9.17, 15) is 19.7 Å². The third-order valence-electron chi connectivity index (χ3n) is 4.87. The normalized spacial score (nSPS) is 13.7. The van der Waals surface area contributed by atoms with Crippen LogP contribution in [0.5, 0.6) is 0 Å². The molecular weight excluding hydrogens is 402 g/mol. The molecule has 1 N–H and O–H groups in total. The summed E-state index contributed by atoms with van der Waals surface area (Å²) in [4.78, 5) is 40.8. The molecule has 0 radical (unpaired) electrons. The zero-order valence-corrected chi connectivity index (χ0v) is 16.4. The number of anilines is 1. The Labute approximate surface area is 176 Å². The number of carbonyl (C=O) groups is 2. The van der Waals surface area contributed by atoms with Crippen LogP contribution in [0.25, 0.3) is 5.70 Å². The van der Waals surface area contributed by atoms with Crippen LogP contribution in [0.4, 0.5) is 11.4 Å². The third kappa shape index (κ3) is 3.73. The van der Waals surface area contributed by atoms with Crippen LogP contribution in [0.15, 0.2) is 77.4 Å². The third-order valence-corrected chi connectivity index (χ3v) is 4.87. The Morgan fingerprint density at radius 3 is 2.81 bits per heavy atom. The molecule has 3 heterocycles. The molecule has 0 atom stereocenters. The molecule has 0 fully saturated rings. The molecule has 10 heteroatoms. The Morgan fingerprint density at radius 2 is 2.19 bits per heavy atom. The number of nitro groups is 1. The van der Waals surface area contributed by atoms with E-state index in [-0.39, 0.29) is 18.0 Å². The summed E-state index contributed by atoms with van der Waals surface area (Å²) in [6, 6.07) is 6.17. The first kappa shape index (κ1) is 19.8. The van der Waals surface area contributed by atoms with E-state index < -0.39 is 4.92 Å². The SMILES string of the molecule is Cc1cc([N+](=O)[O-])ccc1N1C=C(NC=O)CC(C(=O)n2ccnc2)=C1c1ccoc1. The van der Waals surface area contributed by atoms with Crippen molar-refractivity contribution in [2.24, 2.45) is 0 Å². The zero-order valence-electron chi connectivity index (χ0n) is 16.4. The Bertz CT molecular complexity index is 1210. The van der Waals surface area contributed by atoms with E-state index in [1.807, 2.05) is 0 Å². The van der Waals surface area contributed by atoms with E-state index in [0.717, 1.165) is 0 Å². The lowest BCUT2D eigenvalue weighted by Gasteiger charge is -2.32. The summed E-state index contributed by atoms with van der Waals surface area (Å²) in [5.74, 6) is -0.323. The maximum Gasteiger partial charge on any atom is 0.269 e. The highest BCUT2D eigenvalue weighted by molar-refractivity contribution is 6.06. The number of aryl methyl sites for hydroxylation is 1. The predicted octanol–water partition coefficient (Wildman–Crippen LogP) is 3.24. The minimum atomic E-state index is -0.469. The van der Waals surface area contributed by atoms with Gasteiger partial charge in [-0.1, -0.05) is 0 Å². The number of hydrogen-bond donors (Lipinski definition) is 1. The second-order valence-electron chi connectivity index (χ2n) is 6.81. The van der Waals surface area contributed by atoms with Crippen molar-refractivity contribution in [2.45, 2.75) is 13.3 Å². The van der Waals surface area contributed by atoms with Crippen LogP contribution in [-0.4, -0.2) is 26.8 Å². The number of imidazole rings is 1. The quantitative estimate of drug-likeness (QED) is 0.369. The highest BCUT2D eigenvalue weighted by Gasteiger charge is 2.30. The van der Waals surface area contributed by atoms with Gasteiger partial charge in [0.1, 0.15) is 6.33 Å². The molecule has 4 rings (SSSR count). The molecule has 10 nitrogen and oxygen atoms in total. The number of allylic oxidation sites excluding steroid dienone is 1. The van der Waals surface area contributed by atoms with Crippen molar-refractivity contribution in [1.82, 2.24) is 14.9 Å². The van der Waals surface area contributed by atoms with Crippen molar-refractivity contribution >= 4 is 29.4 Å². The van der Waals surface area contributed by atoms with Crippen LogP contribution in [0.3, 0.4) is 0 Å². The van der Waals surface area contributed by atoms with Gasteiger partial charge in [-0.25, -0.2) is 4.98 Å². The van der Waals surface area contributed by atoms with Gasteiger partial charge in [0.25, 0.3) is 11.6 Å². The summed E-state index contributed by atoms with van der Waals surface area (Å²) in [6.45, 7) is 1.74. The topological polar surface area (TPSA) is 124 Å². The van der Waals surface area contributed by atoms with Gasteiger partial charge < -0.3 is 14.6 Å². The van der Waals surface area contributed by atoms with Gasteiger partial charge in [-0.05, 0) is 24.6 Å². The van der Waals surface area contributed by atoms with Crippen molar-refractivity contribution < 1.29 is 18.9 Å². The molecule has 31 heavy (non-hydrogen) atoms. The molecule has 1 amide bonds. The van der Waals surface area contributed by atoms with E-state index in [2.05, 4.69) is 10.3 Å². The van der Waals surface area contributed by atoms with Crippen LogP contribution in [0, 0.1) is 17.0 Å². The first-order valence-electron chi connectivity index (χ1n) is 9.23. The molecule has 0 saturated carbocycles. The number of amides is 1. The predicted molar refractivity (Wildman–Crippen MR) is 111 cm³/mol. The Hall–Kier alpha value is -4.47. The van der Waals surface area contributed by atoms with Gasteiger partial charge >= 0.3 is 0 Å². The van der Waals surface area contributed by atoms with Crippen LogP contribution < -0.4 is 10.2 Å². The number of nitrogens with one attached hydrogen (secondary N) is 1. The summed E-state index contributed by atoms with van der Waals surface area (Å²) in [6.07, 6.45) is 9.83. The second-order valence-corrected chi connectivity index (χ2v) is 6.81. The van der Waals surface area contributed by atoms with Crippen molar-refractivity contribution in [1.29, 1.82) is 0 Å². The summed E-state index contributed by atoms with van der Waals surface area (Å²) < 4.78 is 6.60. The van der Waals surface area contributed by atoms with E-state index in [0.29, 0.717) is 40.2 Å². The summed E-state index contributed by atoms with van der Waals surface area (Å²) in [5, 5.41) is 13.8. The van der Waals surface area contributed by atoms with E-state index in [1.54, 1.807) is 30.2 Å². The Balaban J connectivity index is 1.93. The number of benzene rings is 1. The van der Waals surface area contributed by atoms with Gasteiger partial charge in [-0.15, -0.1) is 0 Å². The minimum absolute atomic E-state index is 0.0444. The molecule has 0 saturated heterocycles. The summed E-state index contributed by atoms with van der Waals surface area (Å²) >= 11 is 0. The molecule has 156 valence electrons. The number of nitro benzene ring substituents is 1. The number of nitrogens with zero attached hydrogens (tertiary/aromatic N) is 4. The van der Waals surface area contributed by atoms with E-state index in [1.165, 1.54) is 47.9 Å². The average molecular weight is 419 g/mol. The number of furan rings is 1. The summed E-state index contributed by atoms with van der Waals surface area (Å²) in [7, 11) is 0. The molecule has 1 aliphatic rings. The maximum absolute atomic E-state index is 13.3. The molecule has 0 bridgehead atoms. The molecule has 2 aromatic heterocycles. The van der Waals surface area contributed by atoms with Crippen molar-refractivity contribution in [2.75, 3.05) is 4.90 Å². The molecular formula is C21H17N5O5. The smallest absolute Gasteiger partial charge is 0.269 e. The molecule has 1 aromatic carbocycles. The van der Waals surface area contributed by atoms with Crippen LogP contribution >= 0.6 is 0 Å². The monoisotopic (exact) mass is 419 g/mol. The standard InChI is InChI=1S/C21H17N5O5/c1-14-8-17(26(29)30)2-3-19(14)25-10-16(23-13-27)9-18(20(25)15-4-7-31-11-15)21(28)24-6-5-22-12-24/h2-8,10-13H,9H2,1H3,(H,23,27). The minimum Gasteiger partial charge on any atom is -0.472 e. The fourth-order valence-corrected chi connectivity index (χ4v) is 3.49. The first-order chi connectivity index (χ1) is 15.0.